The number of nitrogens with two attached hydrogens (primary N) is 1. The number of rotatable bonds is 3. The summed E-state index contributed by atoms with van der Waals surface area (Å²) < 4.78 is 5.56. The number of hydrogen-bond donors (Lipinski definition) is 2. The van der Waals surface area contributed by atoms with Crippen molar-refractivity contribution in [1.82, 2.24) is 4.90 Å². The van der Waals surface area contributed by atoms with E-state index in [4.69, 9.17) is 10.5 Å². The van der Waals surface area contributed by atoms with Crippen LogP contribution in [0.2, 0.25) is 0 Å². The Balaban J connectivity index is 2.03. The first-order valence-electron chi connectivity index (χ1n) is 6.05. The average molecular weight is 236 g/mol. The SMILES string of the molecule is CC(c1ccc(O)cc1)N1CCOC(CN)C1. The Labute approximate surface area is 102 Å². The zero-order valence-electron chi connectivity index (χ0n) is 10.2. The summed E-state index contributed by atoms with van der Waals surface area (Å²) in [6.07, 6.45) is 0.142. The van der Waals surface area contributed by atoms with Crippen LogP contribution in [0, 0.1) is 0 Å². The number of aromatic hydroxyl groups is 1. The third-order valence-corrected chi connectivity index (χ3v) is 3.36. The van der Waals surface area contributed by atoms with Crippen LogP contribution < -0.4 is 5.73 Å². The van der Waals surface area contributed by atoms with Crippen molar-refractivity contribution in [3.63, 3.8) is 0 Å². The molecule has 4 nitrogen and oxygen atoms in total. The molecular formula is C13H20N2O2. The second-order valence-corrected chi connectivity index (χ2v) is 4.49. The van der Waals surface area contributed by atoms with Gasteiger partial charge in [0.2, 0.25) is 0 Å². The molecule has 0 aromatic heterocycles. The van der Waals surface area contributed by atoms with Crippen molar-refractivity contribution >= 4 is 0 Å². The number of benzene rings is 1. The summed E-state index contributed by atoms with van der Waals surface area (Å²) in [5.41, 5.74) is 6.85. The Morgan fingerprint density at radius 3 is 2.82 bits per heavy atom. The highest BCUT2D eigenvalue weighted by molar-refractivity contribution is 5.27. The van der Waals surface area contributed by atoms with Crippen LogP contribution in [0.5, 0.6) is 5.75 Å². The van der Waals surface area contributed by atoms with E-state index in [-0.39, 0.29) is 6.10 Å². The lowest BCUT2D eigenvalue weighted by Crippen LogP contribution is -2.46. The van der Waals surface area contributed by atoms with Crippen LogP contribution >= 0.6 is 0 Å². The van der Waals surface area contributed by atoms with Gasteiger partial charge in [-0.3, -0.25) is 4.90 Å². The van der Waals surface area contributed by atoms with Crippen LogP contribution in [-0.4, -0.2) is 42.4 Å². The number of phenols is 1. The predicted molar refractivity (Wildman–Crippen MR) is 66.9 cm³/mol. The van der Waals surface area contributed by atoms with Gasteiger partial charge in [0.15, 0.2) is 0 Å². The molecule has 2 atom stereocenters. The van der Waals surface area contributed by atoms with Crippen LogP contribution in [0.15, 0.2) is 24.3 Å². The molecule has 0 aliphatic carbocycles. The molecule has 2 unspecified atom stereocenters. The van der Waals surface area contributed by atoms with E-state index in [1.54, 1.807) is 12.1 Å². The molecule has 0 spiro atoms. The van der Waals surface area contributed by atoms with E-state index in [2.05, 4.69) is 11.8 Å². The van der Waals surface area contributed by atoms with E-state index in [9.17, 15) is 5.11 Å². The van der Waals surface area contributed by atoms with Crippen molar-refractivity contribution in [2.45, 2.75) is 19.1 Å². The summed E-state index contributed by atoms with van der Waals surface area (Å²) in [7, 11) is 0. The molecule has 0 saturated carbocycles. The lowest BCUT2D eigenvalue weighted by molar-refractivity contribution is -0.0364. The second kappa shape index (κ2) is 5.49. The number of nitrogens with zero attached hydrogens (tertiary/aromatic N) is 1. The van der Waals surface area contributed by atoms with Crippen molar-refractivity contribution in [3.05, 3.63) is 29.8 Å². The summed E-state index contributed by atoms with van der Waals surface area (Å²) >= 11 is 0. The minimum absolute atomic E-state index is 0.142. The topological polar surface area (TPSA) is 58.7 Å². The molecule has 1 heterocycles. The first kappa shape index (κ1) is 12.4. The summed E-state index contributed by atoms with van der Waals surface area (Å²) in [5.74, 6) is 0.308. The first-order chi connectivity index (χ1) is 8.20. The number of hydrogen-bond acceptors (Lipinski definition) is 4. The highest BCUT2D eigenvalue weighted by atomic mass is 16.5. The lowest BCUT2D eigenvalue weighted by Gasteiger charge is -2.36. The molecule has 2 rings (SSSR count). The quantitative estimate of drug-likeness (QED) is 0.825. The number of morpholine rings is 1. The maximum atomic E-state index is 9.28. The van der Waals surface area contributed by atoms with Gasteiger partial charge in [0.25, 0.3) is 0 Å². The second-order valence-electron chi connectivity index (χ2n) is 4.49. The van der Waals surface area contributed by atoms with Crippen LogP contribution in [0.1, 0.15) is 18.5 Å². The Hall–Kier alpha value is -1.10. The molecule has 0 bridgehead atoms. The van der Waals surface area contributed by atoms with E-state index in [0.29, 0.717) is 18.3 Å². The summed E-state index contributed by atoms with van der Waals surface area (Å²) in [6, 6.07) is 7.72. The Morgan fingerprint density at radius 1 is 1.47 bits per heavy atom. The van der Waals surface area contributed by atoms with Crippen LogP contribution in [0.3, 0.4) is 0 Å². The molecule has 4 heteroatoms. The fourth-order valence-electron chi connectivity index (χ4n) is 2.20. The monoisotopic (exact) mass is 236 g/mol. The van der Waals surface area contributed by atoms with Gasteiger partial charge in [-0.15, -0.1) is 0 Å². The van der Waals surface area contributed by atoms with Gasteiger partial charge in [0.1, 0.15) is 5.75 Å². The summed E-state index contributed by atoms with van der Waals surface area (Å²) in [6.45, 7) is 5.28. The van der Waals surface area contributed by atoms with Crippen LogP contribution in [-0.2, 0) is 4.74 Å². The zero-order valence-corrected chi connectivity index (χ0v) is 10.2. The molecule has 1 aliphatic rings. The number of ether oxygens (including phenoxy) is 1. The zero-order chi connectivity index (χ0) is 12.3. The van der Waals surface area contributed by atoms with Gasteiger partial charge in [-0.2, -0.15) is 0 Å². The van der Waals surface area contributed by atoms with Gasteiger partial charge in [-0.05, 0) is 24.6 Å². The maximum Gasteiger partial charge on any atom is 0.115 e. The highest BCUT2D eigenvalue weighted by Gasteiger charge is 2.23. The van der Waals surface area contributed by atoms with Gasteiger partial charge in [-0.1, -0.05) is 12.1 Å². The van der Waals surface area contributed by atoms with E-state index >= 15 is 0 Å². The lowest BCUT2D eigenvalue weighted by atomic mass is 10.1. The van der Waals surface area contributed by atoms with E-state index in [0.717, 1.165) is 19.7 Å². The predicted octanol–water partition coefficient (Wildman–Crippen LogP) is 1.11. The molecule has 17 heavy (non-hydrogen) atoms. The highest BCUT2D eigenvalue weighted by Crippen LogP contribution is 2.23. The van der Waals surface area contributed by atoms with Crippen molar-refractivity contribution in [1.29, 1.82) is 0 Å². The van der Waals surface area contributed by atoms with Crippen LogP contribution in [0.25, 0.3) is 0 Å². The van der Waals surface area contributed by atoms with E-state index in [1.807, 2.05) is 12.1 Å². The summed E-state index contributed by atoms with van der Waals surface area (Å²) in [4.78, 5) is 2.37. The number of phenolic OH excluding ortho intramolecular Hbond substituents is 1. The van der Waals surface area contributed by atoms with Gasteiger partial charge in [0, 0.05) is 25.7 Å². The molecule has 1 saturated heterocycles. The van der Waals surface area contributed by atoms with Gasteiger partial charge >= 0.3 is 0 Å². The van der Waals surface area contributed by atoms with Crippen molar-refractivity contribution in [2.24, 2.45) is 5.73 Å². The molecule has 1 aromatic rings. The third-order valence-electron chi connectivity index (χ3n) is 3.36. The Bertz CT molecular complexity index is 353. The molecule has 1 aromatic carbocycles. The molecule has 0 radical (unpaired) electrons. The smallest absolute Gasteiger partial charge is 0.115 e. The van der Waals surface area contributed by atoms with Gasteiger partial charge in [-0.25, -0.2) is 0 Å². The van der Waals surface area contributed by atoms with Crippen molar-refractivity contribution in [3.8, 4) is 5.75 Å². The Morgan fingerprint density at radius 2 is 2.18 bits per heavy atom. The fourth-order valence-corrected chi connectivity index (χ4v) is 2.20. The normalized spacial score (nSPS) is 23.5. The van der Waals surface area contributed by atoms with Gasteiger partial charge < -0.3 is 15.6 Å². The molecule has 3 N–H and O–H groups in total. The Kier molecular flexibility index (Phi) is 3.99. The van der Waals surface area contributed by atoms with Crippen molar-refractivity contribution in [2.75, 3.05) is 26.2 Å². The van der Waals surface area contributed by atoms with Crippen molar-refractivity contribution < 1.29 is 9.84 Å². The van der Waals surface area contributed by atoms with Gasteiger partial charge in [0.05, 0.1) is 12.7 Å². The summed E-state index contributed by atoms with van der Waals surface area (Å²) in [5, 5.41) is 9.28. The molecule has 0 amide bonds. The average Bonchev–Trinajstić information content (AvgIpc) is 2.39. The third kappa shape index (κ3) is 2.97. The molecular weight excluding hydrogens is 216 g/mol. The molecule has 94 valence electrons. The molecule has 1 fully saturated rings. The standard InChI is InChI=1S/C13H20N2O2/c1-10(11-2-4-12(16)5-3-11)15-6-7-17-13(8-14)9-15/h2-5,10,13,16H,6-9,14H2,1H3. The molecule has 1 aliphatic heterocycles. The minimum atomic E-state index is 0.142. The largest absolute Gasteiger partial charge is 0.508 e. The van der Waals surface area contributed by atoms with Crippen LogP contribution in [0.4, 0.5) is 0 Å². The van der Waals surface area contributed by atoms with E-state index < -0.39 is 0 Å². The fraction of sp³-hybridized carbons (Fsp3) is 0.538. The minimum Gasteiger partial charge on any atom is -0.508 e. The van der Waals surface area contributed by atoms with E-state index in [1.165, 1.54) is 5.56 Å². The maximum absolute atomic E-state index is 9.28. The first-order valence-corrected chi connectivity index (χ1v) is 6.05.